The van der Waals surface area contributed by atoms with E-state index in [0.717, 1.165) is 5.56 Å². The number of amides is 3. The molecule has 284 valence electrons. The molecule has 0 spiro atoms. The van der Waals surface area contributed by atoms with Crippen molar-refractivity contribution in [3.63, 3.8) is 0 Å². The molecule has 0 aliphatic carbocycles. The average Bonchev–Trinajstić information content (AvgIpc) is 3.80. The second-order valence-corrected chi connectivity index (χ2v) is 14.2. The second kappa shape index (κ2) is 16.7. The number of carboxylic acids is 2. The van der Waals surface area contributed by atoms with E-state index in [1.54, 1.807) is 40.7 Å². The van der Waals surface area contributed by atoms with Crippen LogP contribution >= 0.6 is 22.9 Å². The number of halogens is 2. The molecule has 2 fully saturated rings. The number of anilines is 1. The van der Waals surface area contributed by atoms with Gasteiger partial charge in [-0.25, -0.2) is 23.8 Å². The lowest BCUT2D eigenvalue weighted by Crippen LogP contribution is -2.53. The zero-order chi connectivity index (χ0) is 38.5. The fourth-order valence-corrected chi connectivity index (χ4v) is 7.57. The number of urea groups is 1. The number of aliphatic imine (C=N–C) groups is 1. The fourth-order valence-electron chi connectivity index (χ4n) is 6.71. The molecular weight excluding hydrogens is 745 g/mol. The molecule has 2 saturated heterocycles. The molecular formula is C36H37ClFN7O8S. The highest BCUT2D eigenvalue weighted by Crippen LogP contribution is 2.37. The molecule has 1 aromatic heterocycles. The first-order chi connectivity index (χ1) is 25.9. The third-order valence-electron chi connectivity index (χ3n) is 9.41. The maximum Gasteiger partial charge on any atom is 0.338 e. The number of carbonyl (C=O) groups is 5. The smallest absolute Gasteiger partial charge is 0.338 e. The Morgan fingerprint density at radius 2 is 1.89 bits per heavy atom. The average molecular weight is 782 g/mol. The summed E-state index contributed by atoms with van der Waals surface area (Å²) in [6.45, 7) is 2.17. The number of aliphatic carboxylic acids is 2. The van der Waals surface area contributed by atoms with Gasteiger partial charge >= 0.3 is 23.9 Å². The highest BCUT2D eigenvalue weighted by molar-refractivity contribution is 7.11. The normalized spacial score (nSPS) is 19.2. The molecule has 6 rings (SSSR count). The van der Waals surface area contributed by atoms with Gasteiger partial charge in [0, 0.05) is 79.1 Å². The molecule has 18 heteroatoms. The van der Waals surface area contributed by atoms with Crippen LogP contribution in [0.4, 0.5) is 14.9 Å². The van der Waals surface area contributed by atoms with Gasteiger partial charge in [0.25, 0.3) is 0 Å². The minimum atomic E-state index is -1.30. The zero-order valence-corrected chi connectivity index (χ0v) is 30.6. The van der Waals surface area contributed by atoms with Crippen molar-refractivity contribution >= 4 is 64.3 Å². The number of esters is 1. The Bertz CT molecular complexity index is 1990. The summed E-state index contributed by atoms with van der Waals surface area (Å²) >= 11 is 7.85. The molecule has 3 aliphatic rings. The van der Waals surface area contributed by atoms with E-state index in [2.05, 4.69) is 20.5 Å². The predicted octanol–water partition coefficient (Wildman–Crippen LogP) is 3.45. The van der Waals surface area contributed by atoms with Crippen molar-refractivity contribution in [2.24, 2.45) is 4.99 Å². The Hall–Kier alpha value is -5.39. The van der Waals surface area contributed by atoms with Gasteiger partial charge in [0.2, 0.25) is 5.91 Å². The third-order valence-corrected chi connectivity index (χ3v) is 10.5. The van der Waals surface area contributed by atoms with Crippen LogP contribution < -0.4 is 15.5 Å². The first-order valence-electron chi connectivity index (χ1n) is 17.1. The molecule has 0 saturated carbocycles. The first-order valence-corrected chi connectivity index (χ1v) is 18.3. The number of aromatic nitrogens is 1. The quantitative estimate of drug-likeness (QED) is 0.175. The van der Waals surface area contributed by atoms with Crippen LogP contribution in [0.25, 0.3) is 0 Å². The van der Waals surface area contributed by atoms with Crippen molar-refractivity contribution in [3.8, 4) is 0 Å². The summed E-state index contributed by atoms with van der Waals surface area (Å²) in [5.74, 6) is -3.66. The van der Waals surface area contributed by atoms with Crippen molar-refractivity contribution in [2.45, 2.75) is 43.8 Å². The van der Waals surface area contributed by atoms with E-state index in [1.165, 1.54) is 36.6 Å². The summed E-state index contributed by atoms with van der Waals surface area (Å²) in [5, 5.41) is 26.3. The topological polar surface area (TPSA) is 194 Å². The van der Waals surface area contributed by atoms with Gasteiger partial charge in [0.15, 0.2) is 10.8 Å². The number of nitrogens with zero attached hydrogens (tertiary/aromatic N) is 5. The van der Waals surface area contributed by atoms with E-state index in [0.29, 0.717) is 60.4 Å². The predicted molar refractivity (Wildman–Crippen MR) is 196 cm³/mol. The molecule has 0 unspecified atom stereocenters. The molecule has 0 bridgehead atoms. The lowest BCUT2D eigenvalue weighted by Gasteiger charge is -2.38. The number of carbonyl (C=O) groups excluding carboxylic acids is 3. The number of benzene rings is 2. The Morgan fingerprint density at radius 3 is 2.56 bits per heavy atom. The highest BCUT2D eigenvalue weighted by Gasteiger charge is 2.42. The molecule has 4 N–H and O–H groups in total. The molecule has 3 atom stereocenters. The van der Waals surface area contributed by atoms with E-state index in [1.807, 2.05) is 4.90 Å². The third kappa shape index (κ3) is 8.69. The van der Waals surface area contributed by atoms with E-state index < -0.39 is 41.7 Å². The Morgan fingerprint density at radius 1 is 1.11 bits per heavy atom. The molecule has 54 heavy (non-hydrogen) atoms. The van der Waals surface area contributed by atoms with Gasteiger partial charge in [-0.2, -0.15) is 0 Å². The van der Waals surface area contributed by atoms with Crippen molar-refractivity contribution in [1.29, 1.82) is 0 Å². The Kier molecular flexibility index (Phi) is 11.9. The molecule has 3 aliphatic heterocycles. The lowest BCUT2D eigenvalue weighted by molar-refractivity contribution is -0.143. The first kappa shape index (κ1) is 38.3. The number of fused-ring (bicyclic) bond motifs is 1. The van der Waals surface area contributed by atoms with Crippen LogP contribution in [-0.2, 0) is 30.3 Å². The molecule has 2 aromatic carbocycles. The summed E-state index contributed by atoms with van der Waals surface area (Å²) in [4.78, 5) is 76.4. The summed E-state index contributed by atoms with van der Waals surface area (Å²) in [5.41, 5.74) is 2.68. The maximum atomic E-state index is 14.0. The number of hydrogen-bond acceptors (Lipinski definition) is 11. The van der Waals surface area contributed by atoms with Crippen molar-refractivity contribution in [1.82, 2.24) is 25.4 Å². The monoisotopic (exact) mass is 781 g/mol. The number of carboxylic acid groups (broad SMARTS) is 2. The second-order valence-electron chi connectivity index (χ2n) is 12.9. The molecule has 4 heterocycles. The van der Waals surface area contributed by atoms with Crippen molar-refractivity contribution < 1.29 is 43.3 Å². The number of aryl methyl sites for hydroxylation is 1. The van der Waals surface area contributed by atoms with Crippen LogP contribution in [0.15, 0.2) is 70.3 Å². The molecule has 3 aromatic rings. The number of rotatable bonds is 14. The van der Waals surface area contributed by atoms with Gasteiger partial charge < -0.3 is 30.5 Å². The number of thiazole rings is 1. The van der Waals surface area contributed by atoms with Gasteiger partial charge in [-0.3, -0.25) is 24.4 Å². The Balaban J connectivity index is 1.13. The number of piperazine rings is 1. The van der Waals surface area contributed by atoms with Crippen LogP contribution in [0, 0.1) is 5.82 Å². The highest BCUT2D eigenvalue weighted by atomic mass is 35.5. The molecule has 0 radical (unpaired) electrons. The van der Waals surface area contributed by atoms with Gasteiger partial charge in [-0.1, -0.05) is 29.8 Å². The summed E-state index contributed by atoms with van der Waals surface area (Å²) in [6, 6.07) is 8.67. The van der Waals surface area contributed by atoms with Crippen LogP contribution in [0.1, 0.15) is 41.4 Å². The standard InChI is InChI=1S/C36H37ClFN7O8S/c1-53-35(51)30-27(41-32(33-39-12-15-54-33)42-31(30)24-8-5-21(38)16-25(24)37)19-43-13-14-44-23(17-43)18-45(36(44)52)22-6-2-20(3-7-22)4-10-28(46)40-26(34(49)50)9-11-29(47)48/h2-3,5-8,12,15-16,23,26,31H,4,9-11,13-14,17-19H2,1H3,(H,40,46)(H,41,42)(H,47,48)(H,49,50)/t23-,26-,31-/m0/s1. The van der Waals surface area contributed by atoms with Gasteiger partial charge in [-0.15, -0.1) is 11.3 Å². The zero-order valence-electron chi connectivity index (χ0n) is 29.0. The van der Waals surface area contributed by atoms with Crippen LogP contribution in [0.5, 0.6) is 0 Å². The minimum Gasteiger partial charge on any atom is -0.481 e. The van der Waals surface area contributed by atoms with E-state index in [9.17, 15) is 33.5 Å². The number of methoxy groups -OCH3 is 1. The van der Waals surface area contributed by atoms with E-state index in [4.69, 9.17) is 26.4 Å². The van der Waals surface area contributed by atoms with Crippen molar-refractivity contribution in [3.05, 3.63) is 92.3 Å². The molecule has 15 nitrogen and oxygen atoms in total. The van der Waals surface area contributed by atoms with Crippen molar-refractivity contribution in [2.75, 3.05) is 44.7 Å². The summed E-state index contributed by atoms with van der Waals surface area (Å²) in [7, 11) is 1.28. The minimum absolute atomic E-state index is 0.00237. The fraction of sp³-hybridized carbons (Fsp3) is 0.361. The number of ether oxygens (including phenoxy) is 1. The lowest BCUT2D eigenvalue weighted by atomic mass is 9.95. The number of hydrogen-bond donors (Lipinski definition) is 4. The Labute approximate surface area is 318 Å². The van der Waals surface area contributed by atoms with Crippen LogP contribution in [0.2, 0.25) is 5.02 Å². The van der Waals surface area contributed by atoms with Crippen LogP contribution in [-0.4, -0.2) is 113 Å². The van der Waals surface area contributed by atoms with E-state index >= 15 is 0 Å². The SMILES string of the molecule is COC(=O)C1=C(CN2CCN3C(=O)N(c4ccc(CCC(=O)N[C@@H](CCC(=O)O)C(=O)O)cc4)C[C@@H]3C2)NC(c2nccs2)=N[C@H]1c1ccc(F)cc1Cl. The van der Waals surface area contributed by atoms with Crippen LogP contribution in [0.3, 0.4) is 0 Å². The van der Waals surface area contributed by atoms with Gasteiger partial charge in [0.1, 0.15) is 17.9 Å². The largest absolute Gasteiger partial charge is 0.481 e. The molecule has 3 amide bonds. The van der Waals surface area contributed by atoms with Gasteiger partial charge in [-0.05, 0) is 42.7 Å². The number of amidine groups is 1. The van der Waals surface area contributed by atoms with E-state index in [-0.39, 0.29) is 48.5 Å². The van der Waals surface area contributed by atoms with Gasteiger partial charge in [0.05, 0.1) is 18.7 Å². The number of nitrogens with one attached hydrogen (secondary N) is 2. The summed E-state index contributed by atoms with van der Waals surface area (Å²) in [6.07, 6.45) is 1.36. The maximum absolute atomic E-state index is 14.0. The summed E-state index contributed by atoms with van der Waals surface area (Å²) < 4.78 is 19.2.